The van der Waals surface area contributed by atoms with E-state index in [1.165, 1.54) is 0 Å². The lowest BCUT2D eigenvalue weighted by atomic mass is 9.73. The first kappa shape index (κ1) is 26.3. The molecule has 1 aromatic carbocycles. The smallest absolute Gasteiger partial charge is 0.255 e. The third-order valence-corrected chi connectivity index (χ3v) is 7.47. The number of nitrogens with one attached hydrogen (secondary N) is 2. The molecule has 0 bridgehead atoms. The number of piperidine rings is 1. The molecular formula is C25H38N4O4S. The Hall–Kier alpha value is -2.26. The van der Waals surface area contributed by atoms with Crippen LogP contribution in [0.25, 0.3) is 0 Å². The molecule has 9 heteroatoms. The van der Waals surface area contributed by atoms with E-state index in [-0.39, 0.29) is 30.4 Å². The zero-order valence-electron chi connectivity index (χ0n) is 20.3. The summed E-state index contributed by atoms with van der Waals surface area (Å²) in [6.07, 6.45) is 6.21. The summed E-state index contributed by atoms with van der Waals surface area (Å²) in [5.41, 5.74) is 6.08. The Morgan fingerprint density at radius 3 is 2.71 bits per heavy atom. The van der Waals surface area contributed by atoms with Gasteiger partial charge >= 0.3 is 0 Å². The third-order valence-electron chi connectivity index (χ3n) is 6.83. The SMILES string of the molecule is CSCC[C@@H](N)C(=O)N1CCC2(CCCCNC(=O)c3ccccc3OC[C@@H](C)NC2=O)CC1. The number of carbonyl (C=O) groups is 3. The van der Waals surface area contributed by atoms with Gasteiger partial charge in [-0.3, -0.25) is 14.4 Å². The fraction of sp³-hybridized carbons (Fsp3) is 0.640. The van der Waals surface area contributed by atoms with Gasteiger partial charge in [0.1, 0.15) is 12.4 Å². The minimum absolute atomic E-state index is 0.0201. The number of para-hydroxylation sites is 1. The number of nitrogens with zero attached hydrogens (tertiary/aromatic N) is 1. The summed E-state index contributed by atoms with van der Waals surface area (Å²) >= 11 is 1.68. The average Bonchev–Trinajstić information content (AvgIpc) is 2.85. The van der Waals surface area contributed by atoms with Gasteiger partial charge < -0.3 is 26.0 Å². The fourth-order valence-electron chi connectivity index (χ4n) is 4.65. The lowest BCUT2D eigenvalue weighted by Gasteiger charge is -2.42. The maximum Gasteiger partial charge on any atom is 0.255 e. The number of amides is 3. The largest absolute Gasteiger partial charge is 0.491 e. The standard InChI is InChI=1S/C25H38N4O4S/c1-18-17-33-21-8-4-3-7-19(21)22(30)27-13-6-5-10-25(24(32)28-18)11-14-29(15-12-25)23(31)20(26)9-16-34-2/h3-4,7-8,18,20H,5-6,9-17,26H2,1-2H3,(H,27,30)(H,28,32)/t18-,20-/m1/s1. The van der Waals surface area contributed by atoms with Crippen LogP contribution in [-0.2, 0) is 9.59 Å². The number of likely N-dealkylation sites (tertiary alicyclic amines) is 1. The molecular weight excluding hydrogens is 452 g/mol. The summed E-state index contributed by atoms with van der Waals surface area (Å²) in [5, 5.41) is 6.11. The summed E-state index contributed by atoms with van der Waals surface area (Å²) in [6.45, 7) is 3.78. The zero-order valence-corrected chi connectivity index (χ0v) is 21.1. The highest BCUT2D eigenvalue weighted by Crippen LogP contribution is 2.37. The highest BCUT2D eigenvalue weighted by molar-refractivity contribution is 7.98. The molecule has 0 saturated carbocycles. The molecule has 1 spiro atoms. The number of carbonyl (C=O) groups excluding carboxylic acids is 3. The Morgan fingerprint density at radius 2 is 1.97 bits per heavy atom. The predicted octanol–water partition coefficient (Wildman–Crippen LogP) is 2.17. The lowest BCUT2D eigenvalue weighted by Crippen LogP contribution is -2.54. The van der Waals surface area contributed by atoms with Gasteiger partial charge in [0.25, 0.3) is 5.91 Å². The third kappa shape index (κ3) is 6.66. The lowest BCUT2D eigenvalue weighted by molar-refractivity contribution is -0.142. The first-order chi connectivity index (χ1) is 16.4. The number of hydrogen-bond acceptors (Lipinski definition) is 6. The zero-order chi connectivity index (χ0) is 24.6. The molecule has 34 heavy (non-hydrogen) atoms. The van der Waals surface area contributed by atoms with Crippen LogP contribution in [0.5, 0.6) is 5.75 Å². The molecule has 0 radical (unpaired) electrons. The van der Waals surface area contributed by atoms with Crippen LogP contribution in [0.15, 0.2) is 24.3 Å². The van der Waals surface area contributed by atoms with Crippen molar-refractivity contribution in [2.45, 2.75) is 57.5 Å². The highest BCUT2D eigenvalue weighted by Gasteiger charge is 2.42. The minimum atomic E-state index is -0.527. The quantitative estimate of drug-likeness (QED) is 0.596. The van der Waals surface area contributed by atoms with Crippen molar-refractivity contribution in [3.63, 3.8) is 0 Å². The van der Waals surface area contributed by atoms with Crippen molar-refractivity contribution in [1.29, 1.82) is 0 Å². The van der Waals surface area contributed by atoms with Gasteiger partial charge in [-0.05, 0) is 63.2 Å². The molecule has 2 aliphatic rings. The highest BCUT2D eigenvalue weighted by atomic mass is 32.2. The normalized spacial score (nSPS) is 22.6. The van der Waals surface area contributed by atoms with Crippen molar-refractivity contribution in [1.82, 2.24) is 15.5 Å². The van der Waals surface area contributed by atoms with Crippen molar-refractivity contribution in [2.75, 3.05) is 38.2 Å². The molecule has 0 aliphatic carbocycles. The predicted molar refractivity (Wildman–Crippen MR) is 135 cm³/mol. The summed E-state index contributed by atoms with van der Waals surface area (Å²) < 4.78 is 5.90. The topological polar surface area (TPSA) is 114 Å². The van der Waals surface area contributed by atoms with E-state index < -0.39 is 11.5 Å². The summed E-state index contributed by atoms with van der Waals surface area (Å²) in [5.74, 6) is 1.22. The monoisotopic (exact) mass is 490 g/mol. The number of nitrogens with two attached hydrogens (primary N) is 1. The van der Waals surface area contributed by atoms with Gasteiger partial charge in [0.15, 0.2) is 0 Å². The number of ether oxygens (including phenoxy) is 1. The van der Waals surface area contributed by atoms with Gasteiger partial charge in [0, 0.05) is 19.6 Å². The Balaban J connectivity index is 1.67. The summed E-state index contributed by atoms with van der Waals surface area (Å²) in [7, 11) is 0. The molecule has 2 atom stereocenters. The maximum absolute atomic E-state index is 13.5. The molecule has 2 heterocycles. The number of rotatable bonds is 4. The van der Waals surface area contributed by atoms with Crippen molar-refractivity contribution < 1.29 is 19.1 Å². The van der Waals surface area contributed by atoms with E-state index in [4.69, 9.17) is 10.5 Å². The van der Waals surface area contributed by atoms with Crippen LogP contribution in [0.1, 0.15) is 55.8 Å². The molecule has 2 aliphatic heterocycles. The molecule has 0 unspecified atom stereocenters. The number of benzene rings is 1. The number of thioether (sulfide) groups is 1. The van der Waals surface area contributed by atoms with Gasteiger partial charge in [0.2, 0.25) is 11.8 Å². The van der Waals surface area contributed by atoms with Crippen LogP contribution in [0.4, 0.5) is 0 Å². The Labute approximate surface area is 206 Å². The van der Waals surface area contributed by atoms with Crippen molar-refractivity contribution in [3.8, 4) is 5.75 Å². The fourth-order valence-corrected chi connectivity index (χ4v) is 5.14. The van der Waals surface area contributed by atoms with Crippen molar-refractivity contribution in [3.05, 3.63) is 29.8 Å². The van der Waals surface area contributed by atoms with Crippen LogP contribution >= 0.6 is 11.8 Å². The molecule has 1 fully saturated rings. The Bertz CT molecular complexity index is 857. The van der Waals surface area contributed by atoms with Crippen LogP contribution < -0.4 is 21.1 Å². The van der Waals surface area contributed by atoms with Gasteiger partial charge in [-0.1, -0.05) is 18.6 Å². The number of hydrogen-bond donors (Lipinski definition) is 3. The second-order valence-electron chi connectivity index (χ2n) is 9.39. The van der Waals surface area contributed by atoms with E-state index in [1.807, 2.05) is 30.2 Å². The van der Waals surface area contributed by atoms with Gasteiger partial charge in [0.05, 0.1) is 23.1 Å². The second-order valence-corrected chi connectivity index (χ2v) is 10.4. The van der Waals surface area contributed by atoms with Gasteiger partial charge in [-0.2, -0.15) is 11.8 Å². The molecule has 188 valence electrons. The van der Waals surface area contributed by atoms with E-state index in [0.29, 0.717) is 50.2 Å². The molecule has 3 amide bonds. The van der Waals surface area contributed by atoms with Crippen LogP contribution in [0, 0.1) is 5.41 Å². The molecule has 8 nitrogen and oxygen atoms in total. The van der Waals surface area contributed by atoms with Gasteiger partial charge in [-0.25, -0.2) is 0 Å². The first-order valence-electron chi connectivity index (χ1n) is 12.2. The van der Waals surface area contributed by atoms with Gasteiger partial charge in [-0.15, -0.1) is 0 Å². The van der Waals surface area contributed by atoms with E-state index in [9.17, 15) is 14.4 Å². The van der Waals surface area contributed by atoms with E-state index in [1.54, 1.807) is 23.9 Å². The van der Waals surface area contributed by atoms with Crippen LogP contribution in [0.2, 0.25) is 0 Å². The summed E-state index contributed by atoms with van der Waals surface area (Å²) in [6, 6.07) is 6.46. The molecule has 0 aromatic heterocycles. The van der Waals surface area contributed by atoms with E-state index in [2.05, 4.69) is 10.6 Å². The van der Waals surface area contributed by atoms with E-state index in [0.717, 1.165) is 25.0 Å². The average molecular weight is 491 g/mol. The minimum Gasteiger partial charge on any atom is -0.491 e. The Kier molecular flexibility index (Phi) is 9.64. The Morgan fingerprint density at radius 1 is 1.24 bits per heavy atom. The van der Waals surface area contributed by atoms with E-state index >= 15 is 0 Å². The molecule has 4 N–H and O–H groups in total. The first-order valence-corrected chi connectivity index (χ1v) is 13.6. The molecule has 1 saturated heterocycles. The summed E-state index contributed by atoms with van der Waals surface area (Å²) in [4.78, 5) is 40.6. The molecule has 3 rings (SSSR count). The second kappa shape index (κ2) is 12.4. The number of fused-ring (bicyclic) bond motifs is 1. The van der Waals surface area contributed by atoms with Crippen molar-refractivity contribution >= 4 is 29.5 Å². The van der Waals surface area contributed by atoms with Crippen LogP contribution in [-0.4, -0.2) is 73.0 Å². The van der Waals surface area contributed by atoms with Crippen LogP contribution in [0.3, 0.4) is 0 Å². The maximum atomic E-state index is 13.5. The molecule has 1 aromatic rings. The van der Waals surface area contributed by atoms with Crippen molar-refractivity contribution in [2.24, 2.45) is 11.1 Å².